The third-order valence-corrected chi connectivity index (χ3v) is 6.84. The van der Waals surface area contributed by atoms with Crippen molar-refractivity contribution in [3.63, 3.8) is 0 Å². The minimum Gasteiger partial charge on any atom is -0.423 e. The summed E-state index contributed by atoms with van der Waals surface area (Å²) in [4.78, 5) is 0. The maximum absolute atomic E-state index is 10.1. The molecule has 3 nitrogen and oxygen atoms in total. The standard InChI is InChI=1S/C24H16BNO2S/c27-25(28)20-14-15(13-19-18-9-3-6-12-23(18)29-24(19)20)26-21-10-4-1-7-16(21)17-8-2-5-11-22(17)26/h1-14,27-28H. The highest BCUT2D eigenvalue weighted by atomic mass is 32.1. The summed E-state index contributed by atoms with van der Waals surface area (Å²) in [5, 5.41) is 24.9. The quantitative estimate of drug-likeness (QED) is 0.414. The molecule has 4 aromatic carbocycles. The van der Waals surface area contributed by atoms with Gasteiger partial charge < -0.3 is 14.6 Å². The lowest BCUT2D eigenvalue weighted by Gasteiger charge is -2.11. The van der Waals surface area contributed by atoms with Crippen molar-refractivity contribution in [2.24, 2.45) is 0 Å². The molecule has 2 aromatic heterocycles. The van der Waals surface area contributed by atoms with E-state index < -0.39 is 7.12 Å². The molecule has 138 valence electrons. The number of fused-ring (bicyclic) bond motifs is 6. The van der Waals surface area contributed by atoms with Crippen LogP contribution in [0.1, 0.15) is 0 Å². The van der Waals surface area contributed by atoms with Crippen molar-refractivity contribution in [2.75, 3.05) is 0 Å². The van der Waals surface area contributed by atoms with Gasteiger partial charge in [0.25, 0.3) is 0 Å². The molecule has 0 aliphatic carbocycles. The van der Waals surface area contributed by atoms with E-state index in [4.69, 9.17) is 0 Å². The van der Waals surface area contributed by atoms with E-state index in [9.17, 15) is 10.0 Å². The van der Waals surface area contributed by atoms with Crippen LogP contribution in [-0.2, 0) is 0 Å². The summed E-state index contributed by atoms with van der Waals surface area (Å²) >= 11 is 1.60. The van der Waals surface area contributed by atoms with Gasteiger partial charge in [-0.15, -0.1) is 11.3 Å². The molecule has 0 bridgehead atoms. The van der Waals surface area contributed by atoms with Crippen LogP contribution >= 0.6 is 11.3 Å². The Kier molecular flexibility index (Phi) is 3.59. The lowest BCUT2D eigenvalue weighted by atomic mass is 9.79. The second-order valence-corrected chi connectivity index (χ2v) is 8.31. The van der Waals surface area contributed by atoms with E-state index in [1.807, 2.05) is 30.3 Å². The summed E-state index contributed by atoms with van der Waals surface area (Å²) in [7, 11) is -1.53. The molecule has 0 unspecified atom stereocenters. The average molecular weight is 393 g/mol. The van der Waals surface area contributed by atoms with E-state index in [0.717, 1.165) is 36.9 Å². The van der Waals surface area contributed by atoms with Gasteiger partial charge in [-0.3, -0.25) is 0 Å². The zero-order chi connectivity index (χ0) is 19.5. The molecule has 2 N–H and O–H groups in total. The van der Waals surface area contributed by atoms with Crippen molar-refractivity contribution in [3.8, 4) is 5.69 Å². The van der Waals surface area contributed by atoms with Crippen molar-refractivity contribution in [2.45, 2.75) is 0 Å². The van der Waals surface area contributed by atoms with Crippen LogP contribution in [0.25, 0.3) is 47.7 Å². The van der Waals surface area contributed by atoms with Gasteiger partial charge in [0.1, 0.15) is 0 Å². The van der Waals surface area contributed by atoms with Gasteiger partial charge in [-0.05, 0) is 30.3 Å². The van der Waals surface area contributed by atoms with E-state index in [1.54, 1.807) is 11.3 Å². The monoisotopic (exact) mass is 393 g/mol. The van der Waals surface area contributed by atoms with Crippen LogP contribution in [0.5, 0.6) is 0 Å². The van der Waals surface area contributed by atoms with Crippen molar-refractivity contribution >= 4 is 65.9 Å². The largest absolute Gasteiger partial charge is 0.489 e. The number of hydrogen-bond acceptors (Lipinski definition) is 3. The number of thiophene rings is 1. The molecule has 0 fully saturated rings. The van der Waals surface area contributed by atoms with Crippen molar-refractivity contribution < 1.29 is 10.0 Å². The Morgan fingerprint density at radius 1 is 0.655 bits per heavy atom. The fourth-order valence-corrected chi connectivity index (χ4v) is 5.57. The zero-order valence-electron chi connectivity index (χ0n) is 15.4. The summed E-state index contributed by atoms with van der Waals surface area (Å²) in [6, 6.07) is 29.0. The SMILES string of the molecule is OB(O)c1cc(-n2c3ccccc3c3ccccc32)cc2c1sc1ccccc12. The fraction of sp³-hybridized carbons (Fsp3) is 0. The van der Waals surface area contributed by atoms with Crippen molar-refractivity contribution in [3.05, 3.63) is 84.9 Å². The van der Waals surface area contributed by atoms with Crippen LogP contribution in [0, 0.1) is 0 Å². The Hall–Kier alpha value is -3.12. The van der Waals surface area contributed by atoms with Crippen LogP contribution in [0.4, 0.5) is 0 Å². The zero-order valence-corrected chi connectivity index (χ0v) is 16.2. The highest BCUT2D eigenvalue weighted by Crippen LogP contribution is 2.36. The Balaban J connectivity index is 1.79. The molecule has 0 radical (unpaired) electrons. The molecule has 6 rings (SSSR count). The number of nitrogens with zero attached hydrogens (tertiary/aromatic N) is 1. The first-order chi connectivity index (χ1) is 14.2. The Morgan fingerprint density at radius 3 is 1.90 bits per heavy atom. The average Bonchev–Trinajstić information content (AvgIpc) is 3.29. The highest BCUT2D eigenvalue weighted by molar-refractivity contribution is 7.27. The van der Waals surface area contributed by atoms with Gasteiger partial charge in [-0.2, -0.15) is 0 Å². The number of rotatable bonds is 2. The first-order valence-corrected chi connectivity index (χ1v) is 10.3. The summed E-state index contributed by atoms with van der Waals surface area (Å²) in [6.07, 6.45) is 0. The highest BCUT2D eigenvalue weighted by Gasteiger charge is 2.21. The number of benzene rings is 4. The van der Waals surface area contributed by atoms with Gasteiger partial charge in [-0.25, -0.2) is 0 Å². The molecule has 0 aliphatic heterocycles. The second kappa shape index (κ2) is 6.19. The molecule has 0 saturated heterocycles. The van der Waals surface area contributed by atoms with E-state index in [1.165, 1.54) is 10.8 Å². The Labute approximate surface area is 171 Å². The van der Waals surface area contributed by atoms with Crippen molar-refractivity contribution in [1.29, 1.82) is 0 Å². The van der Waals surface area contributed by atoms with Crippen LogP contribution in [0.15, 0.2) is 84.9 Å². The molecule has 6 aromatic rings. The lowest BCUT2D eigenvalue weighted by molar-refractivity contribution is 0.426. The summed E-state index contributed by atoms with van der Waals surface area (Å²) < 4.78 is 4.28. The van der Waals surface area contributed by atoms with E-state index in [-0.39, 0.29) is 0 Å². The third kappa shape index (κ3) is 2.39. The first kappa shape index (κ1) is 16.8. The summed E-state index contributed by atoms with van der Waals surface area (Å²) in [6.45, 7) is 0. The van der Waals surface area contributed by atoms with Gasteiger partial charge in [-0.1, -0.05) is 54.6 Å². The molecule has 0 aliphatic rings. The molecular formula is C24H16BNO2S. The first-order valence-electron chi connectivity index (χ1n) is 9.52. The maximum Gasteiger partial charge on any atom is 0.489 e. The van der Waals surface area contributed by atoms with Gasteiger partial charge in [0.15, 0.2) is 0 Å². The Morgan fingerprint density at radius 2 is 1.24 bits per heavy atom. The predicted octanol–water partition coefficient (Wildman–Crippen LogP) is 4.83. The molecule has 0 amide bonds. The van der Waals surface area contributed by atoms with Gasteiger partial charge in [0, 0.05) is 42.1 Å². The molecule has 2 heterocycles. The molecule has 0 spiro atoms. The predicted molar refractivity (Wildman–Crippen MR) is 123 cm³/mol. The van der Waals surface area contributed by atoms with Crippen LogP contribution in [0.3, 0.4) is 0 Å². The molecule has 0 atom stereocenters. The van der Waals surface area contributed by atoms with E-state index in [0.29, 0.717) is 5.46 Å². The second-order valence-electron chi connectivity index (χ2n) is 7.25. The van der Waals surface area contributed by atoms with Crippen LogP contribution in [-0.4, -0.2) is 21.7 Å². The minimum atomic E-state index is -1.53. The van der Waals surface area contributed by atoms with E-state index in [2.05, 4.69) is 59.2 Å². The maximum atomic E-state index is 10.1. The topological polar surface area (TPSA) is 45.4 Å². The summed E-state index contributed by atoms with van der Waals surface area (Å²) in [5.41, 5.74) is 3.68. The summed E-state index contributed by atoms with van der Waals surface area (Å²) in [5.74, 6) is 0. The number of aromatic nitrogens is 1. The Bertz CT molecular complexity index is 1490. The number of para-hydroxylation sites is 2. The van der Waals surface area contributed by atoms with Crippen molar-refractivity contribution in [1.82, 2.24) is 4.57 Å². The van der Waals surface area contributed by atoms with Crippen LogP contribution < -0.4 is 5.46 Å². The minimum absolute atomic E-state index is 0.542. The molecule has 29 heavy (non-hydrogen) atoms. The van der Waals surface area contributed by atoms with Gasteiger partial charge >= 0.3 is 7.12 Å². The third-order valence-electron chi connectivity index (χ3n) is 5.61. The van der Waals surface area contributed by atoms with Gasteiger partial charge in [0.05, 0.1) is 11.0 Å². The number of hydrogen-bond donors (Lipinski definition) is 2. The molecular weight excluding hydrogens is 377 g/mol. The van der Waals surface area contributed by atoms with E-state index >= 15 is 0 Å². The fourth-order valence-electron chi connectivity index (χ4n) is 4.36. The smallest absolute Gasteiger partial charge is 0.423 e. The van der Waals surface area contributed by atoms with Gasteiger partial charge in [0.2, 0.25) is 0 Å². The normalized spacial score (nSPS) is 11.8. The molecule has 5 heteroatoms. The van der Waals surface area contributed by atoms with Crippen LogP contribution in [0.2, 0.25) is 0 Å². The molecule has 0 saturated carbocycles. The lowest BCUT2D eigenvalue weighted by Crippen LogP contribution is -2.30.